The summed E-state index contributed by atoms with van der Waals surface area (Å²) in [5, 5.41) is 21.3. The molecule has 19 heavy (non-hydrogen) atoms. The largest absolute Gasteiger partial charge is 0.388 e. The van der Waals surface area contributed by atoms with Crippen molar-refractivity contribution in [1.29, 1.82) is 5.26 Å². The zero-order valence-electron chi connectivity index (χ0n) is 11.9. The maximum Gasteiger partial charge on any atom is 0.0886 e. The lowest BCUT2D eigenvalue weighted by molar-refractivity contribution is -0.129. The van der Waals surface area contributed by atoms with Crippen LogP contribution in [0.5, 0.6) is 0 Å². The fourth-order valence-corrected chi connectivity index (χ4v) is 4.74. The van der Waals surface area contributed by atoms with Crippen molar-refractivity contribution in [3.8, 4) is 6.07 Å². The number of piperidine rings is 1. The standard InChI is InChI=1S/C16H26N2O/c17-13-15(7-4-2-1-3-5-8-15)16(19)9-11-18-10-6-14(16)12-18/h14,19H,1-12H2. The number of nitrogens with zero attached hydrogens (tertiary/aromatic N) is 2. The van der Waals surface area contributed by atoms with E-state index in [1.54, 1.807) is 0 Å². The van der Waals surface area contributed by atoms with Crippen LogP contribution in [0.1, 0.15) is 57.8 Å². The van der Waals surface area contributed by atoms with Crippen molar-refractivity contribution in [1.82, 2.24) is 4.90 Å². The molecule has 3 aliphatic rings. The van der Waals surface area contributed by atoms with Crippen molar-refractivity contribution in [3.05, 3.63) is 0 Å². The van der Waals surface area contributed by atoms with Gasteiger partial charge in [-0.15, -0.1) is 0 Å². The van der Waals surface area contributed by atoms with Crippen LogP contribution in [0, 0.1) is 22.7 Å². The topological polar surface area (TPSA) is 47.3 Å². The van der Waals surface area contributed by atoms with E-state index >= 15 is 0 Å². The van der Waals surface area contributed by atoms with Gasteiger partial charge < -0.3 is 10.0 Å². The van der Waals surface area contributed by atoms with Crippen molar-refractivity contribution in [2.24, 2.45) is 11.3 Å². The predicted molar refractivity (Wildman–Crippen MR) is 74.5 cm³/mol. The molecule has 3 atom stereocenters. The van der Waals surface area contributed by atoms with E-state index in [-0.39, 0.29) is 0 Å². The highest BCUT2D eigenvalue weighted by molar-refractivity contribution is 5.16. The van der Waals surface area contributed by atoms with E-state index in [0.717, 1.165) is 58.2 Å². The zero-order valence-corrected chi connectivity index (χ0v) is 11.9. The lowest BCUT2D eigenvalue weighted by Crippen LogP contribution is -2.57. The molecule has 2 aliphatic heterocycles. The Morgan fingerprint density at radius 2 is 1.68 bits per heavy atom. The third-order valence-electron chi connectivity index (χ3n) is 6.01. The second kappa shape index (κ2) is 5.07. The van der Waals surface area contributed by atoms with Crippen LogP contribution < -0.4 is 0 Å². The first kappa shape index (κ1) is 13.4. The second-order valence-electron chi connectivity index (χ2n) is 6.92. The molecule has 3 rings (SSSR count). The summed E-state index contributed by atoms with van der Waals surface area (Å²) in [5.74, 6) is 0.334. The van der Waals surface area contributed by atoms with Gasteiger partial charge in [-0.25, -0.2) is 0 Å². The van der Waals surface area contributed by atoms with E-state index in [0.29, 0.717) is 5.92 Å². The molecule has 2 saturated heterocycles. The highest BCUT2D eigenvalue weighted by Gasteiger charge is 2.57. The number of nitriles is 1. The minimum atomic E-state index is -0.716. The smallest absolute Gasteiger partial charge is 0.0886 e. The van der Waals surface area contributed by atoms with Gasteiger partial charge in [0.25, 0.3) is 0 Å². The minimum Gasteiger partial charge on any atom is -0.388 e. The van der Waals surface area contributed by atoms with Crippen LogP contribution in [0.4, 0.5) is 0 Å². The van der Waals surface area contributed by atoms with Gasteiger partial charge in [-0.3, -0.25) is 0 Å². The van der Waals surface area contributed by atoms with E-state index in [1.165, 1.54) is 19.3 Å². The molecule has 0 amide bonds. The molecule has 3 nitrogen and oxygen atoms in total. The highest BCUT2D eigenvalue weighted by atomic mass is 16.3. The van der Waals surface area contributed by atoms with Crippen LogP contribution in [0.15, 0.2) is 0 Å². The lowest BCUT2D eigenvalue weighted by atomic mass is 9.59. The van der Waals surface area contributed by atoms with Gasteiger partial charge in [-0.2, -0.15) is 5.26 Å². The molecule has 2 heterocycles. The summed E-state index contributed by atoms with van der Waals surface area (Å²) in [4.78, 5) is 2.45. The summed E-state index contributed by atoms with van der Waals surface area (Å²) in [5.41, 5.74) is -1.18. The summed E-state index contributed by atoms with van der Waals surface area (Å²) >= 11 is 0. The molecule has 3 unspecified atom stereocenters. The molecule has 3 heteroatoms. The van der Waals surface area contributed by atoms with Crippen molar-refractivity contribution in [2.75, 3.05) is 19.6 Å². The first-order chi connectivity index (χ1) is 9.20. The predicted octanol–water partition coefficient (Wildman–Crippen LogP) is 2.70. The Morgan fingerprint density at radius 3 is 2.37 bits per heavy atom. The van der Waals surface area contributed by atoms with E-state index in [4.69, 9.17) is 0 Å². The molecule has 0 aromatic rings. The zero-order chi connectivity index (χ0) is 13.3. The Hall–Kier alpha value is -0.590. The molecule has 1 N–H and O–H groups in total. The molecular formula is C16H26N2O. The van der Waals surface area contributed by atoms with Gasteiger partial charge in [-0.1, -0.05) is 32.1 Å². The summed E-state index contributed by atoms with van der Waals surface area (Å²) in [6.07, 6.45) is 9.72. The van der Waals surface area contributed by atoms with Gasteiger partial charge in [0, 0.05) is 19.0 Å². The molecule has 0 spiro atoms. The Kier molecular flexibility index (Phi) is 3.57. The normalized spacial score (nSPS) is 42.1. The first-order valence-corrected chi connectivity index (χ1v) is 8.06. The number of fused-ring (bicyclic) bond motifs is 2. The third-order valence-corrected chi connectivity index (χ3v) is 6.01. The highest BCUT2D eigenvalue weighted by Crippen LogP contribution is 2.52. The number of hydrogen-bond acceptors (Lipinski definition) is 3. The first-order valence-electron chi connectivity index (χ1n) is 8.06. The van der Waals surface area contributed by atoms with Crippen LogP contribution in [0.25, 0.3) is 0 Å². The van der Waals surface area contributed by atoms with Crippen molar-refractivity contribution in [2.45, 2.75) is 63.4 Å². The number of rotatable bonds is 1. The average molecular weight is 262 g/mol. The van der Waals surface area contributed by atoms with Crippen molar-refractivity contribution >= 4 is 0 Å². The SMILES string of the molecule is N#CC1(C2(O)CCN3CCC2C3)CCCCCCC1. The van der Waals surface area contributed by atoms with Crippen LogP contribution >= 0.6 is 0 Å². The maximum atomic E-state index is 11.4. The number of hydrogen-bond donors (Lipinski definition) is 1. The fourth-order valence-electron chi connectivity index (χ4n) is 4.74. The Balaban J connectivity index is 1.88. The van der Waals surface area contributed by atoms with Gasteiger partial charge in [0.15, 0.2) is 0 Å². The van der Waals surface area contributed by atoms with Gasteiger partial charge in [-0.05, 0) is 32.2 Å². The Morgan fingerprint density at radius 1 is 1.00 bits per heavy atom. The van der Waals surface area contributed by atoms with Crippen LogP contribution in [-0.4, -0.2) is 35.2 Å². The Labute approximate surface area is 116 Å². The molecule has 0 radical (unpaired) electrons. The van der Waals surface area contributed by atoms with Gasteiger partial charge in [0.1, 0.15) is 0 Å². The molecule has 1 aliphatic carbocycles. The molecule has 0 aromatic heterocycles. The van der Waals surface area contributed by atoms with E-state index in [2.05, 4.69) is 11.0 Å². The molecule has 0 aromatic carbocycles. The van der Waals surface area contributed by atoms with Gasteiger partial charge >= 0.3 is 0 Å². The monoisotopic (exact) mass is 262 g/mol. The quantitative estimate of drug-likeness (QED) is 0.790. The van der Waals surface area contributed by atoms with Crippen LogP contribution in [0.2, 0.25) is 0 Å². The summed E-state index contributed by atoms with van der Waals surface area (Å²) in [6, 6.07) is 2.61. The Bertz CT molecular complexity index is 367. The molecule has 1 saturated carbocycles. The number of aliphatic hydroxyl groups is 1. The third kappa shape index (κ3) is 2.10. The second-order valence-corrected chi connectivity index (χ2v) is 6.92. The van der Waals surface area contributed by atoms with E-state index < -0.39 is 11.0 Å². The minimum absolute atomic E-state index is 0.334. The molecule has 106 valence electrons. The van der Waals surface area contributed by atoms with Gasteiger partial charge in [0.2, 0.25) is 0 Å². The molecular weight excluding hydrogens is 236 g/mol. The van der Waals surface area contributed by atoms with E-state index in [9.17, 15) is 10.4 Å². The molecule has 3 fully saturated rings. The van der Waals surface area contributed by atoms with E-state index in [1.807, 2.05) is 0 Å². The maximum absolute atomic E-state index is 11.4. The lowest BCUT2D eigenvalue weighted by Gasteiger charge is -2.50. The fraction of sp³-hybridized carbons (Fsp3) is 0.938. The summed E-state index contributed by atoms with van der Waals surface area (Å²) in [6.45, 7) is 3.12. The molecule has 2 bridgehead atoms. The van der Waals surface area contributed by atoms with Crippen molar-refractivity contribution in [3.63, 3.8) is 0 Å². The summed E-state index contributed by atoms with van der Waals surface area (Å²) in [7, 11) is 0. The average Bonchev–Trinajstić information content (AvgIpc) is 2.80. The summed E-state index contributed by atoms with van der Waals surface area (Å²) < 4.78 is 0. The van der Waals surface area contributed by atoms with Crippen LogP contribution in [0.3, 0.4) is 0 Å². The van der Waals surface area contributed by atoms with Crippen molar-refractivity contribution < 1.29 is 5.11 Å². The van der Waals surface area contributed by atoms with Gasteiger partial charge in [0.05, 0.1) is 17.1 Å². The van der Waals surface area contributed by atoms with Crippen LogP contribution in [-0.2, 0) is 0 Å².